The lowest BCUT2D eigenvalue weighted by Gasteiger charge is -2.34. The number of H-pyrrole nitrogens is 2. The maximum atomic E-state index is 13.2. The minimum atomic E-state index is -0.470. The zero-order valence-corrected chi connectivity index (χ0v) is 20.3. The van der Waals surface area contributed by atoms with Crippen LogP contribution in [0.3, 0.4) is 0 Å². The van der Waals surface area contributed by atoms with E-state index in [1.807, 2.05) is 30.5 Å². The molecule has 0 radical (unpaired) electrons. The predicted molar refractivity (Wildman–Crippen MR) is 141 cm³/mol. The zero-order chi connectivity index (χ0) is 24.8. The van der Waals surface area contributed by atoms with Crippen LogP contribution in [0.2, 0.25) is 0 Å². The molecular formula is C25H23N7O3S. The summed E-state index contributed by atoms with van der Waals surface area (Å²) < 4.78 is 6.86. The summed E-state index contributed by atoms with van der Waals surface area (Å²) in [7, 11) is 1.62. The second-order valence-electron chi connectivity index (χ2n) is 8.90. The third kappa shape index (κ3) is 3.76. The topological polar surface area (TPSA) is 122 Å². The number of fused-ring (bicyclic) bond motifs is 4. The summed E-state index contributed by atoms with van der Waals surface area (Å²) in [5, 5.41) is 1.31. The third-order valence-electron chi connectivity index (χ3n) is 6.76. The fourth-order valence-electron chi connectivity index (χ4n) is 4.97. The highest BCUT2D eigenvalue weighted by atomic mass is 32.1. The monoisotopic (exact) mass is 501 g/mol. The van der Waals surface area contributed by atoms with Crippen LogP contribution in [-0.2, 0) is 4.74 Å². The van der Waals surface area contributed by atoms with Gasteiger partial charge in [-0.3, -0.25) is 19.3 Å². The first-order chi connectivity index (χ1) is 17.5. The van der Waals surface area contributed by atoms with Crippen LogP contribution in [0.4, 0.5) is 0 Å². The molecule has 1 saturated heterocycles. The molecule has 0 bridgehead atoms. The number of pyridine rings is 3. The molecule has 0 aromatic carbocycles. The lowest BCUT2D eigenvalue weighted by molar-refractivity contribution is 0.215. The van der Waals surface area contributed by atoms with E-state index in [9.17, 15) is 9.59 Å². The number of nitrogens with one attached hydrogen (secondary N) is 2. The lowest BCUT2D eigenvalue weighted by atomic mass is 10.0. The molecule has 2 N–H and O–H groups in total. The molecule has 5 aromatic heterocycles. The Balaban J connectivity index is 1.50. The summed E-state index contributed by atoms with van der Waals surface area (Å²) in [5.74, 6) is 0. The van der Waals surface area contributed by atoms with E-state index in [1.54, 1.807) is 17.9 Å². The van der Waals surface area contributed by atoms with Crippen LogP contribution in [0.5, 0.6) is 0 Å². The summed E-state index contributed by atoms with van der Waals surface area (Å²) >= 11 is 5.46. The highest BCUT2D eigenvalue weighted by molar-refractivity contribution is 7.80. The lowest BCUT2D eigenvalue weighted by Crippen LogP contribution is -2.42. The maximum absolute atomic E-state index is 13.2. The number of likely N-dealkylation sites (tertiary alicyclic amines) is 1. The minimum absolute atomic E-state index is 0.118. The van der Waals surface area contributed by atoms with Gasteiger partial charge in [0.15, 0.2) is 0 Å². The quantitative estimate of drug-likeness (QED) is 0.285. The Hall–Kier alpha value is -3.96. The van der Waals surface area contributed by atoms with Crippen molar-refractivity contribution in [2.24, 2.45) is 0 Å². The maximum Gasteiger partial charge on any atom is 0.329 e. The number of rotatable bonds is 4. The van der Waals surface area contributed by atoms with Gasteiger partial charge in [-0.15, -0.1) is 0 Å². The summed E-state index contributed by atoms with van der Waals surface area (Å²) in [5.41, 5.74) is 3.03. The Morgan fingerprint density at radius 3 is 2.81 bits per heavy atom. The smallest absolute Gasteiger partial charge is 0.329 e. The summed E-state index contributed by atoms with van der Waals surface area (Å²) in [6.45, 7) is 1.79. The molecule has 36 heavy (non-hydrogen) atoms. The Morgan fingerprint density at radius 2 is 2.00 bits per heavy atom. The van der Waals surface area contributed by atoms with Crippen molar-refractivity contribution in [3.05, 3.63) is 63.7 Å². The molecule has 0 amide bonds. The predicted octanol–water partition coefficient (Wildman–Crippen LogP) is 2.79. The van der Waals surface area contributed by atoms with Crippen LogP contribution in [0.25, 0.3) is 44.2 Å². The number of methoxy groups -OCH3 is 1. The molecular weight excluding hydrogens is 478 g/mol. The summed E-state index contributed by atoms with van der Waals surface area (Å²) in [4.78, 5) is 48.2. The van der Waals surface area contributed by atoms with Crippen LogP contribution >= 0.6 is 12.2 Å². The first-order valence-electron chi connectivity index (χ1n) is 11.7. The second-order valence-corrected chi connectivity index (χ2v) is 9.37. The van der Waals surface area contributed by atoms with Crippen LogP contribution in [0.15, 0.2) is 52.4 Å². The van der Waals surface area contributed by atoms with Gasteiger partial charge in [0, 0.05) is 55.8 Å². The highest BCUT2D eigenvalue weighted by Crippen LogP contribution is 2.29. The van der Waals surface area contributed by atoms with Gasteiger partial charge in [-0.25, -0.2) is 14.8 Å². The molecule has 11 heteroatoms. The molecule has 10 nitrogen and oxygen atoms in total. The van der Waals surface area contributed by atoms with Gasteiger partial charge < -0.3 is 14.6 Å². The molecule has 1 aliphatic heterocycles. The largest absolute Gasteiger partial charge is 0.378 e. The van der Waals surface area contributed by atoms with Gasteiger partial charge in [0.25, 0.3) is 5.56 Å². The molecule has 0 aliphatic carbocycles. The number of piperidine rings is 1. The SMILES string of the molecule is COCC(=S)N1CCC(n2c(=O)[nH]c(=O)c3cnc4ccc(-c5cnc6[nH]ccc6c5)nc4c32)CC1. The van der Waals surface area contributed by atoms with Gasteiger partial charge in [-0.1, -0.05) is 12.2 Å². The van der Waals surface area contributed by atoms with E-state index in [0.717, 1.165) is 21.6 Å². The standard InChI is InChI=1S/C25H23N7O3S/c1-35-13-20(36)31-8-5-16(6-9-31)32-22-17(24(33)30-25(32)34)12-27-19-3-2-18(29-21(19)22)15-10-14-4-7-26-23(14)28-11-15/h2-4,7,10-12,16H,5-6,8-9,13H2,1H3,(H,26,28)(H,30,33,34). The Kier molecular flexibility index (Phi) is 5.57. The number of aromatic amines is 2. The number of hydrogen-bond donors (Lipinski definition) is 2. The van der Waals surface area contributed by atoms with E-state index in [-0.39, 0.29) is 6.04 Å². The Bertz CT molecular complexity index is 1750. The van der Waals surface area contributed by atoms with Crippen molar-refractivity contribution in [3.8, 4) is 11.3 Å². The molecule has 6 rings (SSSR count). The number of hydrogen-bond acceptors (Lipinski definition) is 7. The van der Waals surface area contributed by atoms with Gasteiger partial charge >= 0.3 is 5.69 Å². The van der Waals surface area contributed by atoms with E-state index in [2.05, 4.69) is 24.8 Å². The molecule has 5 aromatic rings. The number of ether oxygens (including phenoxy) is 1. The number of thiocarbonyl (C=S) groups is 1. The van der Waals surface area contributed by atoms with Crippen molar-refractivity contribution in [1.29, 1.82) is 0 Å². The van der Waals surface area contributed by atoms with Crippen molar-refractivity contribution in [2.45, 2.75) is 18.9 Å². The van der Waals surface area contributed by atoms with E-state index >= 15 is 0 Å². The summed E-state index contributed by atoms with van der Waals surface area (Å²) in [6.07, 6.45) is 6.50. The van der Waals surface area contributed by atoms with Crippen molar-refractivity contribution in [1.82, 2.24) is 34.4 Å². The van der Waals surface area contributed by atoms with E-state index in [0.29, 0.717) is 60.2 Å². The molecule has 0 spiro atoms. The van der Waals surface area contributed by atoms with Crippen molar-refractivity contribution < 1.29 is 4.74 Å². The fraction of sp³-hybridized carbons (Fsp3) is 0.280. The van der Waals surface area contributed by atoms with E-state index < -0.39 is 11.2 Å². The van der Waals surface area contributed by atoms with E-state index in [1.165, 1.54) is 6.20 Å². The van der Waals surface area contributed by atoms with Crippen molar-refractivity contribution in [3.63, 3.8) is 0 Å². The molecule has 1 aliphatic rings. The van der Waals surface area contributed by atoms with Crippen LogP contribution < -0.4 is 11.2 Å². The first kappa shape index (κ1) is 22.5. The highest BCUT2D eigenvalue weighted by Gasteiger charge is 2.26. The van der Waals surface area contributed by atoms with Crippen molar-refractivity contribution >= 4 is 50.2 Å². The van der Waals surface area contributed by atoms with Crippen LogP contribution in [0, 0.1) is 0 Å². The van der Waals surface area contributed by atoms with Crippen LogP contribution in [0.1, 0.15) is 18.9 Å². The molecule has 0 atom stereocenters. The molecule has 6 heterocycles. The first-order valence-corrected chi connectivity index (χ1v) is 12.1. The molecule has 0 saturated carbocycles. The average molecular weight is 502 g/mol. The number of nitrogens with zero attached hydrogens (tertiary/aromatic N) is 5. The van der Waals surface area contributed by atoms with Gasteiger partial charge in [0.2, 0.25) is 0 Å². The van der Waals surface area contributed by atoms with Gasteiger partial charge in [-0.05, 0) is 37.1 Å². The summed E-state index contributed by atoms with van der Waals surface area (Å²) in [6, 6.07) is 7.57. The second kappa shape index (κ2) is 8.92. The van der Waals surface area contributed by atoms with Crippen molar-refractivity contribution in [2.75, 3.05) is 26.8 Å². The average Bonchev–Trinajstić information content (AvgIpc) is 3.37. The van der Waals surface area contributed by atoms with Crippen LogP contribution in [-0.4, -0.2) is 66.2 Å². The third-order valence-corrected chi connectivity index (χ3v) is 7.13. The van der Waals surface area contributed by atoms with Gasteiger partial charge in [0.05, 0.1) is 28.7 Å². The number of aromatic nitrogens is 6. The Morgan fingerprint density at radius 1 is 1.17 bits per heavy atom. The molecule has 1 fully saturated rings. The Labute approximate surface area is 210 Å². The van der Waals surface area contributed by atoms with Gasteiger partial charge in [-0.2, -0.15) is 0 Å². The van der Waals surface area contributed by atoms with Gasteiger partial charge in [0.1, 0.15) is 16.2 Å². The fourth-order valence-corrected chi connectivity index (χ4v) is 5.27. The molecule has 182 valence electrons. The van der Waals surface area contributed by atoms with E-state index in [4.69, 9.17) is 21.9 Å². The normalized spacial score (nSPS) is 14.8. The zero-order valence-electron chi connectivity index (χ0n) is 19.5. The molecule has 0 unspecified atom stereocenters. The minimum Gasteiger partial charge on any atom is -0.378 e.